The van der Waals surface area contributed by atoms with Crippen molar-refractivity contribution in [2.45, 2.75) is 32.4 Å². The highest BCUT2D eigenvalue weighted by atomic mass is 35.5. The zero-order valence-electron chi connectivity index (χ0n) is 12.3. The number of nitrogens with two attached hydrogens (primary N) is 1. The summed E-state index contributed by atoms with van der Waals surface area (Å²) >= 11 is 6.20. The number of benzene rings is 1. The van der Waals surface area contributed by atoms with Gasteiger partial charge in [0.1, 0.15) is 0 Å². The molecule has 0 spiro atoms. The first kappa shape index (κ1) is 15.9. The Morgan fingerprint density at radius 3 is 2.81 bits per heavy atom. The van der Waals surface area contributed by atoms with E-state index in [4.69, 9.17) is 26.8 Å². The number of carbonyl (C=O) groups is 1. The molecule has 1 unspecified atom stereocenters. The molecule has 21 heavy (non-hydrogen) atoms. The van der Waals surface area contributed by atoms with Crippen LogP contribution in [0.5, 0.6) is 11.5 Å². The Morgan fingerprint density at radius 2 is 2.24 bits per heavy atom. The number of hydrogen-bond acceptors (Lipinski definition) is 4. The van der Waals surface area contributed by atoms with E-state index in [9.17, 15) is 4.79 Å². The maximum Gasteiger partial charge on any atom is 0.255 e. The average Bonchev–Trinajstić information content (AvgIpc) is 3.27. The number of primary amides is 1. The van der Waals surface area contributed by atoms with Gasteiger partial charge in [-0.05, 0) is 43.4 Å². The maximum atomic E-state index is 10.8. The second-order valence-electron chi connectivity index (χ2n) is 5.37. The number of rotatable bonds is 8. The van der Waals surface area contributed by atoms with Crippen molar-refractivity contribution in [3.8, 4) is 11.5 Å². The minimum absolute atomic E-state index is 0.230. The first-order chi connectivity index (χ1) is 10.0. The topological polar surface area (TPSA) is 73.6 Å². The molecule has 0 bridgehead atoms. The molecule has 0 saturated heterocycles. The molecule has 0 radical (unpaired) electrons. The third-order valence-corrected chi connectivity index (χ3v) is 3.89. The molecule has 1 saturated carbocycles. The lowest BCUT2D eigenvalue weighted by molar-refractivity contribution is -0.119. The van der Waals surface area contributed by atoms with E-state index >= 15 is 0 Å². The Labute approximate surface area is 129 Å². The Hall–Kier alpha value is -1.46. The van der Waals surface area contributed by atoms with E-state index in [1.54, 1.807) is 0 Å². The molecule has 116 valence electrons. The molecule has 0 aromatic heterocycles. The summed E-state index contributed by atoms with van der Waals surface area (Å²) in [4.78, 5) is 10.8. The summed E-state index contributed by atoms with van der Waals surface area (Å²) in [5, 5.41) is 3.89. The van der Waals surface area contributed by atoms with Crippen LogP contribution in [0.25, 0.3) is 0 Å². The van der Waals surface area contributed by atoms with Crippen LogP contribution in [0.3, 0.4) is 0 Å². The molecule has 0 heterocycles. The van der Waals surface area contributed by atoms with Gasteiger partial charge in [0.2, 0.25) is 0 Å². The van der Waals surface area contributed by atoms with Crippen molar-refractivity contribution < 1.29 is 14.3 Å². The lowest BCUT2D eigenvalue weighted by atomic mass is 10.1. The van der Waals surface area contributed by atoms with E-state index in [0.717, 1.165) is 11.5 Å². The second-order valence-corrected chi connectivity index (χ2v) is 5.78. The van der Waals surface area contributed by atoms with Crippen molar-refractivity contribution in [3.63, 3.8) is 0 Å². The van der Waals surface area contributed by atoms with Crippen LogP contribution in [-0.4, -0.2) is 25.7 Å². The second kappa shape index (κ2) is 7.00. The highest BCUT2D eigenvalue weighted by Crippen LogP contribution is 2.37. The monoisotopic (exact) mass is 312 g/mol. The first-order valence-electron chi connectivity index (χ1n) is 7.02. The zero-order valence-corrected chi connectivity index (χ0v) is 13.1. The summed E-state index contributed by atoms with van der Waals surface area (Å²) in [6.45, 7) is 2.68. The van der Waals surface area contributed by atoms with E-state index in [1.165, 1.54) is 20.0 Å². The third kappa shape index (κ3) is 4.51. The summed E-state index contributed by atoms with van der Waals surface area (Å²) in [7, 11) is 1.53. The van der Waals surface area contributed by atoms with E-state index in [1.807, 2.05) is 12.1 Å². The van der Waals surface area contributed by atoms with Gasteiger partial charge >= 0.3 is 0 Å². The summed E-state index contributed by atoms with van der Waals surface area (Å²) in [5.41, 5.74) is 6.08. The van der Waals surface area contributed by atoms with Crippen LogP contribution in [0, 0.1) is 5.92 Å². The number of halogens is 1. The zero-order chi connectivity index (χ0) is 15.4. The van der Waals surface area contributed by atoms with Gasteiger partial charge in [0.25, 0.3) is 5.91 Å². The maximum absolute atomic E-state index is 10.8. The molecule has 1 aromatic carbocycles. The lowest BCUT2D eigenvalue weighted by Gasteiger charge is -2.16. The fraction of sp³-hybridized carbons (Fsp3) is 0.533. The van der Waals surface area contributed by atoms with Crippen LogP contribution in [-0.2, 0) is 11.3 Å². The van der Waals surface area contributed by atoms with Crippen LogP contribution in [0.4, 0.5) is 0 Å². The summed E-state index contributed by atoms with van der Waals surface area (Å²) < 4.78 is 10.6. The Kier molecular flexibility index (Phi) is 5.31. The first-order valence-corrected chi connectivity index (χ1v) is 7.40. The molecule has 1 aliphatic carbocycles. The van der Waals surface area contributed by atoms with Crippen molar-refractivity contribution >= 4 is 17.5 Å². The predicted molar refractivity (Wildman–Crippen MR) is 81.7 cm³/mol. The predicted octanol–water partition coefficient (Wildman–Crippen LogP) is 2.10. The standard InChI is InChI=1S/C15H21ClN2O3/c1-9(11-3-4-11)18-7-10-5-12(16)15(13(6-10)20-2)21-8-14(17)19/h5-6,9,11,18H,3-4,7-8H2,1-2H3,(H2,17,19). The largest absolute Gasteiger partial charge is 0.493 e. The molecule has 0 aliphatic heterocycles. The molecule has 1 amide bonds. The van der Waals surface area contributed by atoms with Gasteiger partial charge in [-0.15, -0.1) is 0 Å². The van der Waals surface area contributed by atoms with E-state index in [-0.39, 0.29) is 6.61 Å². The van der Waals surface area contributed by atoms with Crippen molar-refractivity contribution in [2.24, 2.45) is 11.7 Å². The Morgan fingerprint density at radius 1 is 1.52 bits per heavy atom. The highest BCUT2D eigenvalue weighted by molar-refractivity contribution is 6.32. The van der Waals surface area contributed by atoms with Crippen molar-refractivity contribution in [3.05, 3.63) is 22.7 Å². The normalized spacial score (nSPS) is 15.6. The van der Waals surface area contributed by atoms with Crippen molar-refractivity contribution in [2.75, 3.05) is 13.7 Å². The van der Waals surface area contributed by atoms with E-state index in [0.29, 0.717) is 29.1 Å². The minimum Gasteiger partial charge on any atom is -0.493 e. The van der Waals surface area contributed by atoms with Crippen LogP contribution in [0.2, 0.25) is 5.02 Å². The molecule has 1 atom stereocenters. The number of carbonyl (C=O) groups excluding carboxylic acids is 1. The van der Waals surface area contributed by atoms with E-state index < -0.39 is 5.91 Å². The molecule has 1 aromatic rings. The molecule has 6 heteroatoms. The van der Waals surface area contributed by atoms with Gasteiger partial charge in [-0.25, -0.2) is 0 Å². The fourth-order valence-electron chi connectivity index (χ4n) is 2.20. The summed E-state index contributed by atoms with van der Waals surface area (Å²) in [6.07, 6.45) is 2.61. The lowest BCUT2D eigenvalue weighted by Crippen LogP contribution is -2.27. The summed E-state index contributed by atoms with van der Waals surface area (Å²) in [5.74, 6) is 1.08. The molecule has 2 rings (SSSR count). The van der Waals surface area contributed by atoms with Gasteiger partial charge in [0, 0.05) is 12.6 Å². The van der Waals surface area contributed by atoms with Crippen molar-refractivity contribution in [1.82, 2.24) is 5.32 Å². The Bertz CT molecular complexity index is 518. The van der Waals surface area contributed by atoms with Gasteiger partial charge < -0.3 is 20.5 Å². The number of methoxy groups -OCH3 is 1. The Balaban J connectivity index is 2.05. The fourth-order valence-corrected chi connectivity index (χ4v) is 2.49. The number of ether oxygens (including phenoxy) is 2. The van der Waals surface area contributed by atoms with Crippen molar-refractivity contribution in [1.29, 1.82) is 0 Å². The molecule has 1 aliphatic rings. The highest BCUT2D eigenvalue weighted by Gasteiger charge is 2.27. The van der Waals surface area contributed by atoms with Gasteiger partial charge in [0.15, 0.2) is 18.1 Å². The number of amides is 1. The SMILES string of the molecule is COc1cc(CNC(C)C2CC2)cc(Cl)c1OCC(N)=O. The molecule has 5 nitrogen and oxygen atoms in total. The van der Waals surface area contributed by atoms with Gasteiger partial charge in [-0.2, -0.15) is 0 Å². The van der Waals surface area contributed by atoms with Crippen LogP contribution < -0.4 is 20.5 Å². The minimum atomic E-state index is -0.558. The number of hydrogen-bond donors (Lipinski definition) is 2. The van der Waals surface area contributed by atoms with E-state index in [2.05, 4.69) is 12.2 Å². The van der Waals surface area contributed by atoms with Gasteiger partial charge in [0.05, 0.1) is 12.1 Å². The van der Waals surface area contributed by atoms with Crippen LogP contribution in [0.15, 0.2) is 12.1 Å². The smallest absolute Gasteiger partial charge is 0.255 e. The van der Waals surface area contributed by atoms with Gasteiger partial charge in [-0.3, -0.25) is 4.79 Å². The molecular weight excluding hydrogens is 292 g/mol. The average molecular weight is 313 g/mol. The third-order valence-electron chi connectivity index (χ3n) is 3.61. The summed E-state index contributed by atoms with van der Waals surface area (Å²) in [6, 6.07) is 4.17. The van der Waals surface area contributed by atoms with Crippen LogP contribution in [0.1, 0.15) is 25.3 Å². The molecular formula is C15H21ClN2O3. The van der Waals surface area contributed by atoms with Crippen LogP contribution >= 0.6 is 11.6 Å². The number of nitrogens with one attached hydrogen (secondary N) is 1. The quantitative estimate of drug-likeness (QED) is 0.771. The molecule has 3 N–H and O–H groups in total. The molecule has 1 fully saturated rings. The van der Waals surface area contributed by atoms with Gasteiger partial charge in [-0.1, -0.05) is 11.6 Å².